The average Bonchev–Trinajstić information content (AvgIpc) is 4.05. The highest BCUT2D eigenvalue weighted by molar-refractivity contribution is 7.91. The van der Waals surface area contributed by atoms with Crippen molar-refractivity contribution >= 4 is 44.6 Å². The Morgan fingerprint density at radius 3 is 2.41 bits per heavy atom. The minimum atomic E-state index is -4.81. The molecule has 14 nitrogen and oxygen atoms in total. The minimum Gasteiger partial charge on any atom is -0.494 e. The van der Waals surface area contributed by atoms with E-state index in [0.29, 0.717) is 34.3 Å². The number of pyridine rings is 1. The Bertz CT molecular complexity index is 2110. The standard InChI is InChI=1S/C40H51F4N5O9S/c1-23-10-6-7-11-25-18-39(25,35(52)47-59(55,56)38(22-41)14-15-38)46-32(50)29-17-26(58-33-28-13-9-8-12-27(28)30(57-5)19-45-33)20-48(29)34(51)31(24(2)16-23)49(36(53)54)37(3,4)21-40(42,43)44/h7-9,11-13,19,23-26,29,31H,6,10,14-18,20-22H2,1-5H3,(H,46,50)(H,47,52)(H,53,54)/t23-,24-,25-,26-,29+,31+,39-/m1/s1. The molecule has 0 radical (unpaired) electrons. The van der Waals surface area contributed by atoms with Gasteiger partial charge in [0.05, 0.1) is 31.8 Å². The lowest BCUT2D eigenvalue weighted by Crippen LogP contribution is -2.63. The first-order valence-corrected chi connectivity index (χ1v) is 21.2. The van der Waals surface area contributed by atoms with Gasteiger partial charge in [-0.25, -0.2) is 22.6 Å². The summed E-state index contributed by atoms with van der Waals surface area (Å²) in [6.45, 7) is 4.11. The number of benzene rings is 1. The topological polar surface area (TPSA) is 185 Å². The summed E-state index contributed by atoms with van der Waals surface area (Å²) in [7, 11) is -3.02. The smallest absolute Gasteiger partial charge is 0.408 e. The molecule has 59 heavy (non-hydrogen) atoms. The second kappa shape index (κ2) is 16.1. The Balaban J connectivity index is 1.42. The molecule has 2 aliphatic heterocycles. The van der Waals surface area contributed by atoms with Crippen LogP contribution < -0.4 is 19.5 Å². The third kappa shape index (κ3) is 8.80. The van der Waals surface area contributed by atoms with Gasteiger partial charge in [0.2, 0.25) is 27.7 Å². The van der Waals surface area contributed by atoms with Crippen molar-refractivity contribution in [2.24, 2.45) is 17.8 Å². The third-order valence-corrected chi connectivity index (χ3v) is 14.3. The van der Waals surface area contributed by atoms with Gasteiger partial charge >= 0.3 is 12.3 Å². The lowest BCUT2D eigenvalue weighted by molar-refractivity contribution is -0.166. The van der Waals surface area contributed by atoms with Crippen LogP contribution in [0.2, 0.25) is 0 Å². The maximum absolute atomic E-state index is 15.1. The zero-order valence-electron chi connectivity index (χ0n) is 33.6. The van der Waals surface area contributed by atoms with E-state index >= 15 is 4.79 Å². The first-order chi connectivity index (χ1) is 27.6. The van der Waals surface area contributed by atoms with Crippen molar-refractivity contribution in [2.45, 2.75) is 119 Å². The number of ether oxygens (including phenoxy) is 2. The van der Waals surface area contributed by atoms with Gasteiger partial charge in [-0.15, -0.1) is 0 Å². The second-order valence-corrected chi connectivity index (χ2v) is 19.3. The number of fused-ring (bicyclic) bond motifs is 3. The molecule has 1 aromatic heterocycles. The van der Waals surface area contributed by atoms with E-state index in [4.69, 9.17) is 9.47 Å². The van der Waals surface area contributed by atoms with E-state index in [1.807, 2.05) is 11.6 Å². The molecular weight excluding hydrogens is 803 g/mol. The maximum Gasteiger partial charge on any atom is 0.408 e. The number of carbonyl (C=O) groups excluding carboxylic acids is 3. The monoisotopic (exact) mass is 853 g/mol. The molecule has 3 N–H and O–H groups in total. The number of amides is 4. The van der Waals surface area contributed by atoms with Crippen molar-refractivity contribution in [1.29, 1.82) is 0 Å². The molecule has 0 spiro atoms. The van der Waals surface area contributed by atoms with Crippen molar-refractivity contribution in [3.63, 3.8) is 0 Å². The third-order valence-electron chi connectivity index (χ3n) is 12.2. The summed E-state index contributed by atoms with van der Waals surface area (Å²) < 4.78 is 94.3. The first-order valence-electron chi connectivity index (χ1n) is 19.7. The quantitative estimate of drug-likeness (QED) is 0.204. The summed E-state index contributed by atoms with van der Waals surface area (Å²) in [5.74, 6) is -4.04. The Morgan fingerprint density at radius 1 is 1.12 bits per heavy atom. The maximum atomic E-state index is 15.1. The van der Waals surface area contributed by atoms with Gasteiger partial charge < -0.3 is 24.8 Å². The number of hydrogen-bond acceptors (Lipinski definition) is 9. The Kier molecular flexibility index (Phi) is 11.9. The number of hydrogen-bond donors (Lipinski definition) is 3. The van der Waals surface area contributed by atoms with Gasteiger partial charge in [0, 0.05) is 23.1 Å². The van der Waals surface area contributed by atoms with Gasteiger partial charge in [0.25, 0.3) is 5.91 Å². The van der Waals surface area contributed by atoms with Gasteiger partial charge in [0.1, 0.15) is 40.9 Å². The first kappa shape index (κ1) is 43.9. The van der Waals surface area contributed by atoms with E-state index in [1.165, 1.54) is 13.3 Å². The summed E-state index contributed by atoms with van der Waals surface area (Å²) in [5.41, 5.74) is -3.95. The van der Waals surface area contributed by atoms with E-state index in [2.05, 4.69) is 10.3 Å². The predicted molar refractivity (Wildman–Crippen MR) is 207 cm³/mol. The van der Waals surface area contributed by atoms with Crippen LogP contribution in [-0.2, 0) is 24.4 Å². The summed E-state index contributed by atoms with van der Waals surface area (Å²) in [6.07, 6.45) is -3.24. The molecule has 1 saturated heterocycles. The SMILES string of the molecule is COc1cnc(O[C@@H]2C[C@H]3C(=O)N[C@]4(C(=O)NS(=O)(=O)C5(CF)CC5)C[C@H]4C=CCC[C@@H](C)C[C@@H](C)[C@H](N(C(=O)O)C(C)(C)CC(F)(F)F)C(=O)N3C2)c2ccccc12. The summed E-state index contributed by atoms with van der Waals surface area (Å²) in [6, 6.07) is 3.85. The fourth-order valence-corrected chi connectivity index (χ4v) is 10.2. The van der Waals surface area contributed by atoms with E-state index < -0.39 is 99.0 Å². The van der Waals surface area contributed by atoms with Gasteiger partial charge in [-0.05, 0) is 70.3 Å². The van der Waals surface area contributed by atoms with Crippen LogP contribution in [-0.4, -0.2) is 113 Å². The zero-order chi connectivity index (χ0) is 43.3. The molecule has 0 bridgehead atoms. The largest absolute Gasteiger partial charge is 0.494 e. The number of carbonyl (C=O) groups is 4. The number of carboxylic acid groups (broad SMARTS) is 1. The Hall–Kier alpha value is -4.68. The van der Waals surface area contributed by atoms with Crippen LogP contribution in [0, 0.1) is 17.8 Å². The van der Waals surface area contributed by atoms with E-state index in [9.17, 15) is 45.5 Å². The van der Waals surface area contributed by atoms with Gasteiger partial charge in [-0.3, -0.25) is 24.0 Å². The number of halogens is 4. The van der Waals surface area contributed by atoms with Gasteiger partial charge in [-0.2, -0.15) is 13.2 Å². The van der Waals surface area contributed by atoms with Gasteiger partial charge in [-0.1, -0.05) is 44.2 Å². The molecule has 3 heterocycles. The van der Waals surface area contributed by atoms with Crippen molar-refractivity contribution < 1.29 is 59.7 Å². The molecule has 6 rings (SSSR count). The fraction of sp³-hybridized carbons (Fsp3) is 0.625. The zero-order valence-corrected chi connectivity index (χ0v) is 34.4. The second-order valence-electron chi connectivity index (χ2n) is 17.2. The molecule has 3 fully saturated rings. The lowest BCUT2D eigenvalue weighted by Gasteiger charge is -2.45. The average molecular weight is 854 g/mol. The normalized spacial score (nSPS) is 28.7. The van der Waals surface area contributed by atoms with Gasteiger partial charge in [0.15, 0.2) is 0 Å². The van der Waals surface area contributed by atoms with Crippen molar-refractivity contribution in [2.75, 3.05) is 20.3 Å². The fourth-order valence-electron chi connectivity index (χ4n) is 8.78. The molecule has 4 amide bonds. The summed E-state index contributed by atoms with van der Waals surface area (Å²) in [4.78, 5) is 62.7. The van der Waals surface area contributed by atoms with Crippen molar-refractivity contribution in [1.82, 2.24) is 24.8 Å². The van der Waals surface area contributed by atoms with Crippen LogP contribution in [0.15, 0.2) is 42.6 Å². The van der Waals surface area contributed by atoms with Crippen LogP contribution in [0.25, 0.3) is 10.8 Å². The molecule has 7 atom stereocenters. The predicted octanol–water partition coefficient (Wildman–Crippen LogP) is 5.51. The molecule has 2 saturated carbocycles. The number of sulfonamides is 1. The van der Waals surface area contributed by atoms with Crippen molar-refractivity contribution in [3.8, 4) is 11.6 Å². The number of alkyl halides is 4. The van der Waals surface area contributed by atoms with Crippen LogP contribution in [0.1, 0.15) is 79.1 Å². The highest BCUT2D eigenvalue weighted by Crippen LogP contribution is 2.48. The van der Waals surface area contributed by atoms with Crippen LogP contribution in [0.3, 0.4) is 0 Å². The number of allylic oxidation sites excluding steroid dienone is 1. The van der Waals surface area contributed by atoms with Crippen LogP contribution in [0.5, 0.6) is 11.6 Å². The Labute approximate surface area is 340 Å². The van der Waals surface area contributed by atoms with E-state index in [-0.39, 0.29) is 50.4 Å². The number of nitrogens with one attached hydrogen (secondary N) is 2. The summed E-state index contributed by atoms with van der Waals surface area (Å²) in [5, 5.41) is 14.5. The molecule has 0 unspecified atom stereocenters. The van der Waals surface area contributed by atoms with Crippen LogP contribution in [0.4, 0.5) is 22.4 Å². The number of aromatic nitrogens is 1. The summed E-state index contributed by atoms with van der Waals surface area (Å²) >= 11 is 0. The molecule has 1 aromatic carbocycles. The van der Waals surface area contributed by atoms with E-state index in [0.717, 1.165) is 18.7 Å². The highest BCUT2D eigenvalue weighted by atomic mass is 32.2. The molecule has 2 aromatic rings. The number of rotatable bonds is 10. The minimum absolute atomic E-state index is 0.0125. The Morgan fingerprint density at radius 2 is 1.80 bits per heavy atom. The van der Waals surface area contributed by atoms with Crippen molar-refractivity contribution in [3.05, 3.63) is 42.6 Å². The highest BCUT2D eigenvalue weighted by Gasteiger charge is 2.64. The molecule has 19 heteroatoms. The number of methoxy groups -OCH3 is 1. The molecule has 4 aliphatic rings. The number of nitrogens with zero attached hydrogens (tertiary/aromatic N) is 3. The molecule has 324 valence electrons. The van der Waals surface area contributed by atoms with Crippen LogP contribution >= 0.6 is 0 Å². The van der Waals surface area contributed by atoms with E-state index in [1.54, 1.807) is 43.3 Å². The molecular formula is C40H51F4N5O9S. The lowest BCUT2D eigenvalue weighted by atomic mass is 9.84. The molecule has 2 aliphatic carbocycles.